The normalized spacial score (nSPS) is 57.8. The molecule has 20 heavy (non-hydrogen) atoms. The van der Waals surface area contributed by atoms with Gasteiger partial charge in [0.25, 0.3) is 0 Å². The van der Waals surface area contributed by atoms with Gasteiger partial charge in [-0.3, -0.25) is 4.79 Å². The van der Waals surface area contributed by atoms with Crippen LogP contribution in [0.1, 0.15) is 46.5 Å². The van der Waals surface area contributed by atoms with Crippen LogP contribution < -0.4 is 0 Å². The van der Waals surface area contributed by atoms with Crippen molar-refractivity contribution in [1.29, 1.82) is 0 Å². The van der Waals surface area contributed by atoms with Crippen LogP contribution in [0.15, 0.2) is 0 Å². The van der Waals surface area contributed by atoms with Crippen molar-refractivity contribution in [3.05, 3.63) is 0 Å². The zero-order valence-electron chi connectivity index (χ0n) is 12.3. The number of ether oxygens (including phenoxy) is 2. The van der Waals surface area contributed by atoms with Crippen LogP contribution in [-0.2, 0) is 24.0 Å². The van der Waals surface area contributed by atoms with Gasteiger partial charge < -0.3 is 9.47 Å². The molecule has 1 aliphatic carbocycles. The molecule has 5 nitrogen and oxygen atoms in total. The molecule has 0 aromatic carbocycles. The fourth-order valence-corrected chi connectivity index (χ4v) is 4.76. The molecular weight excluding hydrogens is 260 g/mol. The van der Waals surface area contributed by atoms with E-state index in [0.29, 0.717) is 11.8 Å². The third-order valence-electron chi connectivity index (χ3n) is 5.97. The van der Waals surface area contributed by atoms with Gasteiger partial charge in [-0.05, 0) is 32.1 Å². The third kappa shape index (κ3) is 1.46. The summed E-state index contributed by atoms with van der Waals surface area (Å²) >= 11 is 0. The lowest BCUT2D eigenvalue weighted by atomic mass is 9.58. The summed E-state index contributed by atoms with van der Waals surface area (Å²) < 4.78 is 11.6. The first-order valence-electron chi connectivity index (χ1n) is 7.71. The van der Waals surface area contributed by atoms with Gasteiger partial charge in [-0.1, -0.05) is 13.8 Å². The van der Waals surface area contributed by atoms with Gasteiger partial charge in [0.1, 0.15) is 0 Å². The Balaban J connectivity index is 1.84. The minimum absolute atomic E-state index is 0.123. The Hall–Kier alpha value is -0.650. The second kappa shape index (κ2) is 3.96. The van der Waals surface area contributed by atoms with Crippen molar-refractivity contribution in [2.45, 2.75) is 64.1 Å². The summed E-state index contributed by atoms with van der Waals surface area (Å²) in [6, 6.07) is 0. The summed E-state index contributed by atoms with van der Waals surface area (Å²) in [5.41, 5.74) is -0.610. The van der Waals surface area contributed by atoms with Crippen LogP contribution in [0.5, 0.6) is 0 Å². The molecule has 112 valence electrons. The zero-order chi connectivity index (χ0) is 14.1. The zero-order valence-corrected chi connectivity index (χ0v) is 12.3. The van der Waals surface area contributed by atoms with Crippen LogP contribution in [0.25, 0.3) is 0 Å². The number of carbonyl (C=O) groups is 1. The summed E-state index contributed by atoms with van der Waals surface area (Å²) in [7, 11) is 0. The highest BCUT2D eigenvalue weighted by Gasteiger charge is 2.69. The molecule has 5 fully saturated rings. The Morgan fingerprint density at radius 3 is 2.70 bits per heavy atom. The molecule has 7 atom stereocenters. The second-order valence-corrected chi connectivity index (χ2v) is 7.14. The standard InChI is InChI=1S/C15H22O5/c1-8-4-5-11-9(2)12(16)17-13-15(11)10(8)6-7-14(3,18-13)19-20-15/h8-11,13H,4-7H2,1-3H3/t8-,9-,10+,11-,13-,14-,15+/m0/s1. The average Bonchev–Trinajstić information content (AvgIpc) is 2.63. The van der Waals surface area contributed by atoms with Crippen LogP contribution in [-0.4, -0.2) is 23.6 Å². The van der Waals surface area contributed by atoms with Crippen molar-refractivity contribution >= 4 is 5.97 Å². The molecule has 4 aliphatic heterocycles. The number of carbonyl (C=O) groups excluding carboxylic acids is 1. The number of esters is 1. The predicted molar refractivity (Wildman–Crippen MR) is 68.0 cm³/mol. The first-order chi connectivity index (χ1) is 9.46. The smallest absolute Gasteiger partial charge is 0.311 e. The minimum Gasteiger partial charge on any atom is -0.432 e. The quantitative estimate of drug-likeness (QED) is 0.504. The molecule has 5 rings (SSSR count). The molecule has 0 unspecified atom stereocenters. The Morgan fingerprint density at radius 1 is 1.10 bits per heavy atom. The van der Waals surface area contributed by atoms with Gasteiger partial charge in [-0.2, -0.15) is 0 Å². The Bertz CT molecular complexity index is 452. The number of hydrogen-bond donors (Lipinski definition) is 0. The summed E-state index contributed by atoms with van der Waals surface area (Å²) in [4.78, 5) is 23.7. The largest absolute Gasteiger partial charge is 0.432 e. The summed E-state index contributed by atoms with van der Waals surface area (Å²) in [6.07, 6.45) is 3.24. The lowest BCUT2D eigenvalue weighted by Crippen LogP contribution is -2.69. The Kier molecular flexibility index (Phi) is 2.58. The summed E-state index contributed by atoms with van der Waals surface area (Å²) in [6.45, 7) is 6.06. The van der Waals surface area contributed by atoms with Crippen molar-refractivity contribution in [3.8, 4) is 0 Å². The number of hydrogen-bond acceptors (Lipinski definition) is 5. The van der Waals surface area contributed by atoms with Crippen LogP contribution in [0.4, 0.5) is 0 Å². The molecule has 0 aromatic heterocycles. The van der Waals surface area contributed by atoms with Gasteiger partial charge in [0, 0.05) is 18.3 Å². The van der Waals surface area contributed by atoms with Gasteiger partial charge in [0.15, 0.2) is 5.60 Å². The maximum Gasteiger partial charge on any atom is 0.311 e. The van der Waals surface area contributed by atoms with Gasteiger partial charge >= 0.3 is 5.97 Å². The fourth-order valence-electron chi connectivity index (χ4n) is 4.76. The van der Waals surface area contributed by atoms with E-state index >= 15 is 0 Å². The topological polar surface area (TPSA) is 54.0 Å². The predicted octanol–water partition coefficient (Wildman–Crippen LogP) is 2.39. The van der Waals surface area contributed by atoms with Crippen molar-refractivity contribution in [2.24, 2.45) is 23.7 Å². The fraction of sp³-hybridized carbons (Fsp3) is 0.933. The van der Waals surface area contributed by atoms with E-state index in [1.54, 1.807) is 0 Å². The molecule has 0 N–H and O–H groups in total. The lowest BCUT2D eigenvalue weighted by Gasteiger charge is -2.57. The second-order valence-electron chi connectivity index (χ2n) is 7.14. The van der Waals surface area contributed by atoms with Gasteiger partial charge in [0.05, 0.1) is 5.92 Å². The van der Waals surface area contributed by atoms with E-state index in [1.165, 1.54) is 0 Å². The maximum atomic E-state index is 12.1. The van der Waals surface area contributed by atoms with E-state index in [9.17, 15) is 4.79 Å². The van der Waals surface area contributed by atoms with Crippen molar-refractivity contribution in [2.75, 3.05) is 0 Å². The van der Waals surface area contributed by atoms with Crippen molar-refractivity contribution in [1.82, 2.24) is 0 Å². The van der Waals surface area contributed by atoms with E-state index in [4.69, 9.17) is 19.2 Å². The number of fused-ring (bicyclic) bond motifs is 2. The molecule has 0 aromatic rings. The average molecular weight is 282 g/mol. The van der Waals surface area contributed by atoms with E-state index in [2.05, 4.69) is 6.92 Å². The van der Waals surface area contributed by atoms with Gasteiger partial charge in [-0.25, -0.2) is 9.78 Å². The van der Waals surface area contributed by atoms with Crippen molar-refractivity contribution in [3.63, 3.8) is 0 Å². The molecule has 5 aliphatic rings. The maximum absolute atomic E-state index is 12.1. The van der Waals surface area contributed by atoms with Crippen molar-refractivity contribution < 1.29 is 24.0 Å². The Labute approximate surface area is 118 Å². The molecule has 0 radical (unpaired) electrons. The summed E-state index contributed by atoms with van der Waals surface area (Å²) in [5.74, 6) is -0.137. The number of rotatable bonds is 0. The van der Waals surface area contributed by atoms with Crippen LogP contribution >= 0.6 is 0 Å². The minimum atomic E-state index is -0.793. The first kappa shape index (κ1) is 13.0. The molecule has 0 amide bonds. The van der Waals surface area contributed by atoms with E-state index in [1.807, 2.05) is 13.8 Å². The monoisotopic (exact) mass is 282 g/mol. The molecular formula is C15H22O5. The molecule has 1 saturated carbocycles. The van der Waals surface area contributed by atoms with Crippen LogP contribution in [0.3, 0.4) is 0 Å². The van der Waals surface area contributed by atoms with E-state index in [-0.39, 0.29) is 17.8 Å². The lowest BCUT2D eigenvalue weighted by molar-refractivity contribution is -0.559. The SMILES string of the molecule is C[C@@H]1C(=O)O[C@H]2O[C@]3(C)CC[C@@H]4[C@@H](C)CC[C@@H]1[C@@]24OO3. The molecule has 4 saturated heterocycles. The van der Waals surface area contributed by atoms with Gasteiger partial charge in [-0.15, -0.1) is 0 Å². The van der Waals surface area contributed by atoms with Crippen LogP contribution in [0.2, 0.25) is 0 Å². The van der Waals surface area contributed by atoms with E-state index < -0.39 is 17.7 Å². The van der Waals surface area contributed by atoms with Gasteiger partial charge in [0.2, 0.25) is 12.1 Å². The molecule has 1 spiro atoms. The highest BCUT2D eigenvalue weighted by molar-refractivity contribution is 5.74. The molecule has 4 heterocycles. The third-order valence-corrected chi connectivity index (χ3v) is 5.97. The first-order valence-corrected chi connectivity index (χ1v) is 7.71. The Morgan fingerprint density at radius 2 is 1.90 bits per heavy atom. The molecule has 5 heteroatoms. The highest BCUT2D eigenvalue weighted by atomic mass is 17.3. The summed E-state index contributed by atoms with van der Waals surface area (Å²) in [5, 5.41) is 0. The van der Waals surface area contributed by atoms with Crippen LogP contribution in [0, 0.1) is 23.7 Å². The highest BCUT2D eigenvalue weighted by Crippen LogP contribution is 2.59. The molecule has 2 bridgehead atoms. The van der Waals surface area contributed by atoms with E-state index in [0.717, 1.165) is 25.7 Å².